The number of carbonyl (C=O) groups is 1. The summed E-state index contributed by atoms with van der Waals surface area (Å²) in [6.45, 7) is 6.40. The van der Waals surface area contributed by atoms with E-state index in [1.165, 1.54) is 41.9 Å². The Morgan fingerprint density at radius 3 is 2.50 bits per heavy atom. The second kappa shape index (κ2) is 10.4. The largest absolute Gasteiger partial charge is 0.372 e. The molecule has 2 heterocycles. The minimum atomic E-state index is -0.159. The van der Waals surface area contributed by atoms with Gasteiger partial charge in [0, 0.05) is 40.5 Å². The molecule has 3 aliphatic rings. The lowest BCUT2D eigenvalue weighted by atomic mass is 9.75. The Morgan fingerprint density at radius 2 is 1.73 bits per heavy atom. The predicted molar refractivity (Wildman–Crippen MR) is 167 cm³/mol. The number of benzene rings is 3. The highest BCUT2D eigenvalue weighted by atomic mass is 32.2. The Bertz CT molecular complexity index is 1620. The molecular weight excluding hydrogens is 535 g/mol. The molecule has 2 aliphatic carbocycles. The molecule has 40 heavy (non-hydrogen) atoms. The van der Waals surface area contributed by atoms with Crippen LogP contribution in [0, 0.1) is 17.8 Å². The van der Waals surface area contributed by atoms with Gasteiger partial charge in [0.25, 0.3) is 0 Å². The second-order valence-electron chi connectivity index (χ2n) is 11.5. The van der Waals surface area contributed by atoms with Gasteiger partial charge in [0.15, 0.2) is 0 Å². The molecule has 1 amide bonds. The quantitative estimate of drug-likeness (QED) is 0.256. The maximum atomic E-state index is 13.4. The van der Waals surface area contributed by atoms with Gasteiger partial charge in [0.05, 0.1) is 5.03 Å². The van der Waals surface area contributed by atoms with Crippen molar-refractivity contribution in [3.8, 4) is 0 Å². The number of hydrogen-bond donors (Lipinski definition) is 1. The predicted octanol–water partition coefficient (Wildman–Crippen LogP) is 7.20. The first kappa shape index (κ1) is 25.9. The van der Waals surface area contributed by atoms with E-state index in [4.69, 9.17) is 0 Å². The van der Waals surface area contributed by atoms with Crippen LogP contribution in [0.5, 0.6) is 0 Å². The summed E-state index contributed by atoms with van der Waals surface area (Å²) in [5, 5.41) is 6.80. The molecule has 2 saturated carbocycles. The molecule has 206 valence electrons. The number of thioether (sulfide) groups is 1. The molecule has 1 aliphatic heterocycles. The highest BCUT2D eigenvalue weighted by Crippen LogP contribution is 2.64. The van der Waals surface area contributed by atoms with E-state index in [-0.39, 0.29) is 23.2 Å². The van der Waals surface area contributed by atoms with E-state index in [2.05, 4.69) is 54.4 Å². The van der Waals surface area contributed by atoms with Crippen molar-refractivity contribution >= 4 is 51.2 Å². The molecule has 3 aromatic carbocycles. The number of carbonyl (C=O) groups excluding carboxylic acids is 1. The fraction of sp³-hybridized carbons (Fsp3) is 0.394. The molecular formula is C33H35N3O2S2. The fourth-order valence-electron chi connectivity index (χ4n) is 7.55. The van der Waals surface area contributed by atoms with Crippen LogP contribution < -0.4 is 15.1 Å². The van der Waals surface area contributed by atoms with Gasteiger partial charge < -0.3 is 10.2 Å². The first-order valence-corrected chi connectivity index (χ1v) is 16.3. The van der Waals surface area contributed by atoms with Crippen molar-refractivity contribution in [2.24, 2.45) is 17.8 Å². The Hall–Kier alpha value is -3.03. The van der Waals surface area contributed by atoms with Crippen molar-refractivity contribution in [2.75, 3.05) is 23.3 Å². The molecule has 2 fully saturated rings. The van der Waals surface area contributed by atoms with Crippen LogP contribution in [-0.4, -0.2) is 28.8 Å². The molecule has 4 aromatic rings. The van der Waals surface area contributed by atoms with Crippen molar-refractivity contribution in [1.29, 1.82) is 0 Å². The lowest BCUT2D eigenvalue weighted by molar-refractivity contribution is -0.116. The van der Waals surface area contributed by atoms with Crippen LogP contribution in [-0.2, 0) is 11.3 Å². The van der Waals surface area contributed by atoms with Gasteiger partial charge in [-0.15, -0.1) is 11.8 Å². The number of thiazole rings is 1. The van der Waals surface area contributed by atoms with Crippen LogP contribution >= 0.6 is 23.1 Å². The van der Waals surface area contributed by atoms with Crippen molar-refractivity contribution in [2.45, 2.75) is 55.8 Å². The number of fused-ring (bicyclic) bond motifs is 7. The Labute approximate surface area is 243 Å². The van der Waals surface area contributed by atoms with E-state index < -0.39 is 0 Å². The van der Waals surface area contributed by atoms with E-state index >= 15 is 0 Å². The highest BCUT2D eigenvalue weighted by Gasteiger charge is 2.55. The second-order valence-corrected chi connectivity index (χ2v) is 13.6. The van der Waals surface area contributed by atoms with E-state index in [1.54, 1.807) is 4.57 Å². The van der Waals surface area contributed by atoms with E-state index in [0.717, 1.165) is 45.4 Å². The normalized spacial score (nSPS) is 24.6. The third kappa shape index (κ3) is 4.38. The number of hydrogen-bond acceptors (Lipinski definition) is 5. The van der Waals surface area contributed by atoms with Gasteiger partial charge in [0.1, 0.15) is 6.54 Å². The number of nitrogens with zero attached hydrogens (tertiary/aromatic N) is 2. The summed E-state index contributed by atoms with van der Waals surface area (Å²) in [5.74, 6) is 2.07. The Kier molecular flexibility index (Phi) is 6.75. The number of rotatable bonds is 7. The summed E-state index contributed by atoms with van der Waals surface area (Å²) in [7, 11) is 0. The maximum Gasteiger partial charge on any atom is 0.308 e. The highest BCUT2D eigenvalue weighted by molar-refractivity contribution is 8.00. The summed E-state index contributed by atoms with van der Waals surface area (Å²) in [6.07, 6.45) is 3.90. The zero-order valence-corrected chi connectivity index (χ0v) is 24.6. The summed E-state index contributed by atoms with van der Waals surface area (Å²) in [6, 6.07) is 23.1. The lowest BCUT2D eigenvalue weighted by Crippen LogP contribution is -2.35. The fourth-order valence-corrected chi connectivity index (χ4v) is 10.7. The molecule has 5 atom stereocenters. The molecule has 5 nitrogen and oxygen atoms in total. The molecule has 4 unspecified atom stereocenters. The van der Waals surface area contributed by atoms with Gasteiger partial charge in [-0.05, 0) is 91.5 Å². The molecule has 2 bridgehead atoms. The molecule has 1 aromatic heterocycles. The van der Waals surface area contributed by atoms with Gasteiger partial charge in [-0.2, -0.15) is 0 Å². The van der Waals surface area contributed by atoms with Gasteiger partial charge in [0.2, 0.25) is 5.91 Å². The SMILES string of the molecule is CCN(CC)c1ccc([C@H]2c3sc(=O)n(CC(=O)Nc4ccc5ccccc5c4)c3SC3C4CCC(C4)C32)cc1. The van der Waals surface area contributed by atoms with Crippen molar-refractivity contribution < 1.29 is 4.79 Å². The van der Waals surface area contributed by atoms with Gasteiger partial charge in [-0.3, -0.25) is 14.2 Å². The van der Waals surface area contributed by atoms with E-state index in [9.17, 15) is 9.59 Å². The monoisotopic (exact) mass is 569 g/mol. The molecule has 0 radical (unpaired) electrons. The third-order valence-electron chi connectivity index (χ3n) is 9.41. The van der Waals surface area contributed by atoms with Crippen LogP contribution in [0.15, 0.2) is 76.6 Å². The zero-order chi connectivity index (χ0) is 27.4. The molecule has 0 saturated heterocycles. The van der Waals surface area contributed by atoms with Crippen LogP contribution in [0.1, 0.15) is 49.5 Å². The van der Waals surface area contributed by atoms with E-state index in [0.29, 0.717) is 17.1 Å². The Balaban J connectivity index is 1.21. The first-order chi connectivity index (χ1) is 19.5. The molecule has 1 N–H and O–H groups in total. The van der Waals surface area contributed by atoms with Crippen molar-refractivity contribution in [1.82, 2.24) is 4.57 Å². The number of amides is 1. The van der Waals surface area contributed by atoms with Crippen molar-refractivity contribution in [3.05, 3.63) is 86.8 Å². The van der Waals surface area contributed by atoms with Gasteiger partial charge >= 0.3 is 4.87 Å². The van der Waals surface area contributed by atoms with Gasteiger partial charge in [-0.25, -0.2) is 0 Å². The Morgan fingerprint density at radius 1 is 0.975 bits per heavy atom. The molecule has 0 spiro atoms. The van der Waals surface area contributed by atoms with Crippen molar-refractivity contribution in [3.63, 3.8) is 0 Å². The number of aromatic nitrogens is 1. The first-order valence-electron chi connectivity index (χ1n) is 14.6. The standard InChI is InChI=1S/C33H35N3O2S2/c1-3-35(4-2)26-15-12-21(13-16-26)28-29-23-9-10-24(17-23)30(29)39-32-31(28)40-33(38)36(32)19-27(37)34-25-14-11-20-7-5-6-8-22(20)18-25/h5-8,11-16,18,23-24,28-30H,3-4,9-10,17,19H2,1-2H3,(H,34,37)/t23?,24?,28-,29?,30?/m1/s1. The van der Waals surface area contributed by atoms with Crippen LogP contribution in [0.25, 0.3) is 10.8 Å². The average molecular weight is 570 g/mol. The van der Waals surface area contributed by atoms with Crippen LogP contribution in [0.4, 0.5) is 11.4 Å². The topological polar surface area (TPSA) is 54.3 Å². The summed E-state index contributed by atoms with van der Waals surface area (Å²) in [4.78, 5) is 30.2. The van der Waals surface area contributed by atoms with Crippen LogP contribution in [0.3, 0.4) is 0 Å². The van der Waals surface area contributed by atoms with Gasteiger partial charge in [-0.1, -0.05) is 53.8 Å². The van der Waals surface area contributed by atoms with E-state index in [1.807, 2.05) is 48.2 Å². The summed E-state index contributed by atoms with van der Waals surface area (Å²) in [5.41, 5.74) is 3.32. The number of nitrogens with one attached hydrogen (secondary N) is 1. The lowest BCUT2D eigenvalue weighted by Gasteiger charge is -2.40. The van der Waals surface area contributed by atoms with Crippen LogP contribution in [0.2, 0.25) is 0 Å². The third-order valence-corrected chi connectivity index (χ3v) is 12.2. The summed E-state index contributed by atoms with van der Waals surface area (Å²) >= 11 is 3.25. The minimum Gasteiger partial charge on any atom is -0.372 e. The zero-order valence-electron chi connectivity index (χ0n) is 23.0. The minimum absolute atomic E-state index is 0.0248. The smallest absolute Gasteiger partial charge is 0.308 e. The number of anilines is 2. The maximum absolute atomic E-state index is 13.4. The molecule has 7 heteroatoms. The summed E-state index contributed by atoms with van der Waals surface area (Å²) < 4.78 is 1.75. The molecule has 7 rings (SSSR count). The average Bonchev–Trinajstić information content (AvgIpc) is 3.67.